The molecule has 0 radical (unpaired) electrons. The van der Waals surface area contributed by atoms with Gasteiger partial charge in [0.25, 0.3) is 0 Å². The van der Waals surface area contributed by atoms with E-state index >= 15 is 0 Å². The molecule has 2 aliphatic rings. The van der Waals surface area contributed by atoms with Crippen molar-refractivity contribution in [2.75, 3.05) is 20.2 Å². The lowest BCUT2D eigenvalue weighted by atomic mass is 9.81. The smallest absolute Gasteiger partial charge is 0.128 e. The Balaban J connectivity index is 2.02. The molecule has 4 heteroatoms. The van der Waals surface area contributed by atoms with E-state index in [4.69, 9.17) is 21.1 Å². The van der Waals surface area contributed by atoms with E-state index in [9.17, 15) is 0 Å². The number of hydrogen-bond acceptors (Lipinski definition) is 3. The summed E-state index contributed by atoms with van der Waals surface area (Å²) in [6, 6.07) is 3.94. The van der Waals surface area contributed by atoms with Crippen molar-refractivity contribution in [1.29, 1.82) is 0 Å². The molecule has 0 amide bonds. The lowest BCUT2D eigenvalue weighted by molar-refractivity contribution is -0.0483. The fourth-order valence-corrected chi connectivity index (χ4v) is 3.52. The van der Waals surface area contributed by atoms with Gasteiger partial charge in [0.15, 0.2) is 0 Å². The maximum absolute atomic E-state index is 6.40. The van der Waals surface area contributed by atoms with E-state index in [1.807, 2.05) is 12.1 Å². The number of nitrogens with one attached hydrogen (secondary N) is 1. The highest BCUT2D eigenvalue weighted by Crippen LogP contribution is 2.47. The van der Waals surface area contributed by atoms with Gasteiger partial charge in [0.05, 0.1) is 6.10 Å². The minimum atomic E-state index is -0.0719. The molecule has 3 rings (SSSR count). The summed E-state index contributed by atoms with van der Waals surface area (Å²) in [4.78, 5) is 0. The van der Waals surface area contributed by atoms with Gasteiger partial charge in [0.2, 0.25) is 0 Å². The monoisotopic (exact) mass is 281 g/mol. The van der Waals surface area contributed by atoms with Gasteiger partial charge in [-0.1, -0.05) is 11.6 Å². The summed E-state index contributed by atoms with van der Waals surface area (Å²) in [5, 5.41) is 4.15. The van der Waals surface area contributed by atoms with Crippen LogP contribution in [0.4, 0.5) is 0 Å². The quantitative estimate of drug-likeness (QED) is 0.857. The molecule has 1 unspecified atom stereocenters. The predicted molar refractivity (Wildman–Crippen MR) is 76.0 cm³/mol. The average Bonchev–Trinajstić information content (AvgIpc) is 2.40. The van der Waals surface area contributed by atoms with Crippen LogP contribution in [0.25, 0.3) is 0 Å². The van der Waals surface area contributed by atoms with E-state index in [1.165, 1.54) is 0 Å². The minimum Gasteiger partial charge on any atom is -0.486 e. The van der Waals surface area contributed by atoms with Gasteiger partial charge in [-0.15, -0.1) is 0 Å². The fourth-order valence-electron chi connectivity index (χ4n) is 3.24. The van der Waals surface area contributed by atoms with Gasteiger partial charge >= 0.3 is 0 Å². The van der Waals surface area contributed by atoms with Gasteiger partial charge < -0.3 is 14.8 Å². The Bertz CT molecular complexity index is 483. The summed E-state index contributed by atoms with van der Waals surface area (Å²) >= 11 is 6.16. The zero-order valence-electron chi connectivity index (χ0n) is 11.5. The molecule has 1 fully saturated rings. The molecule has 0 aromatic heterocycles. The molecule has 1 atom stereocenters. The van der Waals surface area contributed by atoms with Crippen LogP contribution in [0.1, 0.15) is 36.5 Å². The Labute approximate surface area is 119 Å². The number of methoxy groups -OCH3 is 1. The lowest BCUT2D eigenvalue weighted by Crippen LogP contribution is -2.49. The first-order chi connectivity index (χ1) is 9.13. The number of aryl methyl sites for hydroxylation is 1. The van der Waals surface area contributed by atoms with Crippen LogP contribution >= 0.6 is 11.6 Å². The standard InChI is InChI=1S/C15H20ClNO2/c1-10-7-11(16)8-12-13(18-2)9-15(19-14(10)12)3-5-17-6-4-15/h7-8,13,17H,3-6,9H2,1-2H3. The van der Waals surface area contributed by atoms with E-state index in [-0.39, 0.29) is 11.7 Å². The molecule has 1 aromatic carbocycles. The van der Waals surface area contributed by atoms with Crippen LogP contribution in [0.5, 0.6) is 5.75 Å². The van der Waals surface area contributed by atoms with Crippen LogP contribution in [-0.4, -0.2) is 25.8 Å². The molecular formula is C15H20ClNO2. The topological polar surface area (TPSA) is 30.5 Å². The average molecular weight is 282 g/mol. The summed E-state index contributed by atoms with van der Waals surface area (Å²) in [7, 11) is 1.77. The van der Waals surface area contributed by atoms with Crippen LogP contribution in [0.3, 0.4) is 0 Å². The Morgan fingerprint density at radius 1 is 1.37 bits per heavy atom. The largest absolute Gasteiger partial charge is 0.486 e. The molecule has 19 heavy (non-hydrogen) atoms. The molecule has 3 nitrogen and oxygen atoms in total. The highest BCUT2D eigenvalue weighted by Gasteiger charge is 2.42. The predicted octanol–water partition coefficient (Wildman–Crippen LogP) is 3.24. The first kappa shape index (κ1) is 13.2. The molecule has 1 N–H and O–H groups in total. The minimum absolute atomic E-state index is 0.0719. The SMILES string of the molecule is COC1CC2(CCNCC2)Oc2c(C)cc(Cl)cc21. The number of ether oxygens (including phenoxy) is 2. The zero-order chi connectivity index (χ0) is 13.5. The van der Waals surface area contributed by atoms with Crippen molar-refractivity contribution in [3.63, 3.8) is 0 Å². The van der Waals surface area contributed by atoms with Crippen molar-refractivity contribution in [2.45, 2.75) is 37.9 Å². The summed E-state index contributed by atoms with van der Waals surface area (Å²) < 4.78 is 12.1. The molecule has 1 saturated heterocycles. The summed E-state index contributed by atoms with van der Waals surface area (Å²) in [5.41, 5.74) is 2.12. The van der Waals surface area contributed by atoms with Gasteiger partial charge in [0.1, 0.15) is 11.4 Å². The van der Waals surface area contributed by atoms with Crippen molar-refractivity contribution < 1.29 is 9.47 Å². The second-order valence-electron chi connectivity index (χ2n) is 5.60. The second-order valence-corrected chi connectivity index (χ2v) is 6.04. The molecule has 0 bridgehead atoms. The molecule has 1 spiro atoms. The van der Waals surface area contributed by atoms with Gasteiger partial charge in [-0.3, -0.25) is 0 Å². The Hall–Kier alpha value is -0.770. The first-order valence-corrected chi connectivity index (χ1v) is 7.24. The van der Waals surface area contributed by atoms with Crippen LogP contribution in [0.15, 0.2) is 12.1 Å². The summed E-state index contributed by atoms with van der Waals surface area (Å²) in [6.45, 7) is 4.08. The Morgan fingerprint density at radius 3 is 2.79 bits per heavy atom. The third kappa shape index (κ3) is 2.35. The Morgan fingerprint density at radius 2 is 2.11 bits per heavy atom. The number of rotatable bonds is 1. The molecule has 104 valence electrons. The third-order valence-electron chi connectivity index (χ3n) is 4.29. The van der Waals surface area contributed by atoms with E-state index in [0.29, 0.717) is 0 Å². The first-order valence-electron chi connectivity index (χ1n) is 6.86. The van der Waals surface area contributed by atoms with Crippen LogP contribution in [0, 0.1) is 6.92 Å². The molecule has 1 aromatic rings. The van der Waals surface area contributed by atoms with E-state index < -0.39 is 0 Å². The fraction of sp³-hybridized carbons (Fsp3) is 0.600. The molecule has 2 heterocycles. The van der Waals surface area contributed by atoms with E-state index in [0.717, 1.165) is 54.3 Å². The number of hydrogen-bond donors (Lipinski definition) is 1. The van der Waals surface area contributed by atoms with Crippen molar-refractivity contribution in [3.05, 3.63) is 28.3 Å². The van der Waals surface area contributed by atoms with E-state index in [1.54, 1.807) is 7.11 Å². The number of halogens is 1. The Kier molecular flexibility index (Phi) is 3.46. The molecule has 0 saturated carbocycles. The van der Waals surface area contributed by atoms with Gasteiger partial charge in [-0.05, 0) is 50.6 Å². The van der Waals surface area contributed by atoms with Gasteiger partial charge in [0, 0.05) is 24.1 Å². The summed E-state index contributed by atoms with van der Waals surface area (Å²) in [5.74, 6) is 0.976. The number of benzene rings is 1. The van der Waals surface area contributed by atoms with Crippen LogP contribution in [-0.2, 0) is 4.74 Å². The summed E-state index contributed by atoms with van der Waals surface area (Å²) in [6.07, 6.45) is 3.07. The van der Waals surface area contributed by atoms with Crippen LogP contribution < -0.4 is 10.1 Å². The van der Waals surface area contributed by atoms with Crippen molar-refractivity contribution in [1.82, 2.24) is 5.32 Å². The molecule has 0 aliphatic carbocycles. The van der Waals surface area contributed by atoms with Gasteiger partial charge in [-0.25, -0.2) is 0 Å². The number of fused-ring (bicyclic) bond motifs is 1. The second kappa shape index (κ2) is 4.97. The molecular weight excluding hydrogens is 262 g/mol. The third-order valence-corrected chi connectivity index (χ3v) is 4.51. The lowest BCUT2D eigenvalue weighted by Gasteiger charge is -2.44. The number of piperidine rings is 1. The maximum Gasteiger partial charge on any atom is 0.128 e. The molecule has 2 aliphatic heterocycles. The van der Waals surface area contributed by atoms with Crippen LogP contribution in [0.2, 0.25) is 5.02 Å². The highest BCUT2D eigenvalue weighted by molar-refractivity contribution is 6.30. The normalized spacial score (nSPS) is 24.9. The maximum atomic E-state index is 6.40. The van der Waals surface area contributed by atoms with Crippen molar-refractivity contribution in [2.24, 2.45) is 0 Å². The van der Waals surface area contributed by atoms with E-state index in [2.05, 4.69) is 12.2 Å². The van der Waals surface area contributed by atoms with Crippen molar-refractivity contribution >= 4 is 11.6 Å². The zero-order valence-corrected chi connectivity index (χ0v) is 12.2. The van der Waals surface area contributed by atoms with Crippen molar-refractivity contribution in [3.8, 4) is 5.75 Å². The highest BCUT2D eigenvalue weighted by atomic mass is 35.5. The van der Waals surface area contributed by atoms with Gasteiger partial charge in [-0.2, -0.15) is 0 Å².